The van der Waals surface area contributed by atoms with Crippen LogP contribution in [0, 0.1) is 0 Å². The lowest BCUT2D eigenvalue weighted by molar-refractivity contribution is 0.541. The molecule has 78 valence electrons. The van der Waals surface area contributed by atoms with E-state index in [0.717, 1.165) is 18.9 Å². The van der Waals surface area contributed by atoms with Gasteiger partial charge in [-0.15, -0.1) is 0 Å². The zero-order chi connectivity index (χ0) is 10.4. The summed E-state index contributed by atoms with van der Waals surface area (Å²) in [7, 11) is -1.80. The molecular formula is C12H20OSi. The molecule has 0 aliphatic heterocycles. The van der Waals surface area contributed by atoms with Crippen LogP contribution in [-0.4, -0.2) is 13.1 Å². The number of hydrogen-bond donors (Lipinski definition) is 1. The van der Waals surface area contributed by atoms with E-state index in [1.165, 1.54) is 12.0 Å². The first-order valence-electron chi connectivity index (χ1n) is 5.34. The van der Waals surface area contributed by atoms with Crippen molar-refractivity contribution in [2.75, 3.05) is 0 Å². The number of rotatable bonds is 5. The van der Waals surface area contributed by atoms with Gasteiger partial charge in [0.25, 0.3) is 0 Å². The van der Waals surface area contributed by atoms with Crippen molar-refractivity contribution in [3.63, 3.8) is 0 Å². The molecule has 1 N–H and O–H groups in total. The fourth-order valence-corrected chi connectivity index (χ4v) is 2.65. The van der Waals surface area contributed by atoms with E-state index in [1.807, 2.05) is 19.2 Å². The van der Waals surface area contributed by atoms with Crippen molar-refractivity contribution in [3.05, 3.63) is 35.9 Å². The van der Waals surface area contributed by atoms with Crippen molar-refractivity contribution in [3.8, 4) is 0 Å². The van der Waals surface area contributed by atoms with E-state index in [4.69, 9.17) is 0 Å². The zero-order valence-electron chi connectivity index (χ0n) is 9.16. The lowest BCUT2D eigenvalue weighted by Gasteiger charge is -2.12. The molecule has 0 amide bonds. The maximum atomic E-state index is 9.65. The summed E-state index contributed by atoms with van der Waals surface area (Å²) in [4.78, 5) is 9.65. The molecule has 0 spiro atoms. The molecule has 14 heavy (non-hydrogen) atoms. The lowest BCUT2D eigenvalue weighted by atomic mass is 10.1. The van der Waals surface area contributed by atoms with Gasteiger partial charge < -0.3 is 4.80 Å². The maximum absolute atomic E-state index is 9.65. The average molecular weight is 208 g/mol. The van der Waals surface area contributed by atoms with Gasteiger partial charge >= 0.3 is 0 Å². The minimum absolute atomic E-state index is 1.03. The van der Waals surface area contributed by atoms with Crippen molar-refractivity contribution in [2.45, 2.75) is 38.4 Å². The number of benzene rings is 1. The molecule has 0 saturated carbocycles. The van der Waals surface area contributed by atoms with Crippen molar-refractivity contribution < 1.29 is 4.80 Å². The fraction of sp³-hybridized carbons (Fsp3) is 0.500. The van der Waals surface area contributed by atoms with E-state index in [9.17, 15) is 4.80 Å². The second-order valence-electron chi connectivity index (χ2n) is 4.51. The Hall–Kier alpha value is -0.603. The predicted octanol–water partition coefficient (Wildman–Crippen LogP) is 3.21. The highest BCUT2D eigenvalue weighted by molar-refractivity contribution is 6.69. The van der Waals surface area contributed by atoms with Crippen molar-refractivity contribution >= 4 is 8.32 Å². The molecule has 1 aromatic carbocycles. The fourth-order valence-electron chi connectivity index (χ4n) is 1.53. The first-order chi connectivity index (χ1) is 6.58. The summed E-state index contributed by atoms with van der Waals surface area (Å²) in [6, 6.07) is 11.6. The molecule has 2 heteroatoms. The van der Waals surface area contributed by atoms with Crippen LogP contribution in [0.25, 0.3) is 0 Å². The molecule has 0 atom stereocenters. The van der Waals surface area contributed by atoms with Gasteiger partial charge in [-0.1, -0.05) is 36.8 Å². The molecule has 0 radical (unpaired) electrons. The highest BCUT2D eigenvalue weighted by Crippen LogP contribution is 2.12. The largest absolute Gasteiger partial charge is 0.432 e. The molecule has 0 aliphatic rings. The summed E-state index contributed by atoms with van der Waals surface area (Å²) in [5, 5.41) is 0. The molecule has 0 fully saturated rings. The van der Waals surface area contributed by atoms with Crippen LogP contribution >= 0.6 is 0 Å². The molecule has 0 bridgehead atoms. The number of hydrogen-bond acceptors (Lipinski definition) is 1. The highest BCUT2D eigenvalue weighted by atomic mass is 28.4. The van der Waals surface area contributed by atoms with E-state index in [0.29, 0.717) is 0 Å². The van der Waals surface area contributed by atoms with Crippen LogP contribution in [0.2, 0.25) is 19.1 Å². The third-order valence-electron chi connectivity index (χ3n) is 2.35. The van der Waals surface area contributed by atoms with Gasteiger partial charge in [0.2, 0.25) is 0 Å². The molecule has 0 saturated heterocycles. The molecule has 0 aliphatic carbocycles. The van der Waals surface area contributed by atoms with Crippen LogP contribution in [0.1, 0.15) is 18.4 Å². The smallest absolute Gasteiger partial charge is 0.182 e. The van der Waals surface area contributed by atoms with Gasteiger partial charge in [-0.2, -0.15) is 0 Å². The Kier molecular flexibility index (Phi) is 4.36. The van der Waals surface area contributed by atoms with E-state index in [2.05, 4.69) is 24.3 Å². The van der Waals surface area contributed by atoms with Crippen molar-refractivity contribution in [1.29, 1.82) is 0 Å². The zero-order valence-corrected chi connectivity index (χ0v) is 10.2. The van der Waals surface area contributed by atoms with E-state index in [-0.39, 0.29) is 0 Å². The first-order valence-corrected chi connectivity index (χ1v) is 8.50. The van der Waals surface area contributed by atoms with E-state index in [1.54, 1.807) is 0 Å². The minimum Gasteiger partial charge on any atom is -0.432 e. The second kappa shape index (κ2) is 5.32. The summed E-state index contributed by atoms with van der Waals surface area (Å²) in [5.74, 6) is 0. The predicted molar refractivity (Wildman–Crippen MR) is 63.9 cm³/mol. The normalized spacial score (nSPS) is 11.6. The summed E-state index contributed by atoms with van der Waals surface area (Å²) in [6.07, 6.45) is 3.50. The summed E-state index contributed by atoms with van der Waals surface area (Å²) in [6.45, 7) is 4.02. The molecule has 0 heterocycles. The third kappa shape index (κ3) is 5.20. The van der Waals surface area contributed by atoms with Crippen LogP contribution in [0.15, 0.2) is 30.3 Å². The monoisotopic (exact) mass is 208 g/mol. The van der Waals surface area contributed by atoms with Gasteiger partial charge in [-0.25, -0.2) is 0 Å². The summed E-state index contributed by atoms with van der Waals surface area (Å²) < 4.78 is 0. The number of aryl methyl sites for hydroxylation is 1. The third-order valence-corrected chi connectivity index (χ3v) is 3.92. The van der Waals surface area contributed by atoms with Gasteiger partial charge in [0.1, 0.15) is 0 Å². The average Bonchev–Trinajstić information content (AvgIpc) is 2.13. The van der Waals surface area contributed by atoms with Gasteiger partial charge in [-0.05, 0) is 37.5 Å². The Morgan fingerprint density at radius 3 is 2.29 bits per heavy atom. The van der Waals surface area contributed by atoms with Crippen LogP contribution in [0.5, 0.6) is 0 Å². The molecular weight excluding hydrogens is 188 g/mol. The van der Waals surface area contributed by atoms with Crippen molar-refractivity contribution in [2.24, 2.45) is 0 Å². The van der Waals surface area contributed by atoms with Gasteiger partial charge in [-0.3, -0.25) is 0 Å². The Morgan fingerprint density at radius 2 is 1.71 bits per heavy atom. The van der Waals surface area contributed by atoms with E-state index < -0.39 is 8.32 Å². The summed E-state index contributed by atoms with van der Waals surface area (Å²) in [5.41, 5.74) is 1.41. The topological polar surface area (TPSA) is 20.2 Å². The standard InChI is InChI=1S/C12H20OSi/c1-14(2,13)11-7-6-10-12-8-4-3-5-9-12/h3-5,8-9,13H,6-7,10-11H2,1-2H3. The Bertz CT molecular complexity index is 251. The van der Waals surface area contributed by atoms with Gasteiger partial charge in [0.05, 0.1) is 0 Å². The SMILES string of the molecule is C[Si](C)(O)CCCCc1ccccc1. The second-order valence-corrected chi connectivity index (χ2v) is 8.63. The Morgan fingerprint density at radius 1 is 1.07 bits per heavy atom. The highest BCUT2D eigenvalue weighted by Gasteiger charge is 2.15. The maximum Gasteiger partial charge on any atom is 0.182 e. The summed E-state index contributed by atoms with van der Waals surface area (Å²) >= 11 is 0. The quantitative estimate of drug-likeness (QED) is 0.582. The minimum atomic E-state index is -1.80. The molecule has 0 aromatic heterocycles. The molecule has 1 rings (SSSR count). The van der Waals surface area contributed by atoms with Gasteiger partial charge in [0, 0.05) is 0 Å². The lowest BCUT2D eigenvalue weighted by Crippen LogP contribution is -2.24. The van der Waals surface area contributed by atoms with Crippen LogP contribution < -0.4 is 0 Å². The first kappa shape index (κ1) is 11.5. The molecule has 1 nitrogen and oxygen atoms in total. The molecule has 1 aromatic rings. The van der Waals surface area contributed by atoms with Crippen molar-refractivity contribution in [1.82, 2.24) is 0 Å². The Balaban J connectivity index is 2.17. The van der Waals surface area contributed by atoms with Crippen LogP contribution in [-0.2, 0) is 6.42 Å². The number of unbranched alkanes of at least 4 members (excludes halogenated alkanes) is 1. The van der Waals surface area contributed by atoms with Gasteiger partial charge in [0.15, 0.2) is 8.32 Å². The van der Waals surface area contributed by atoms with Crippen LogP contribution in [0.3, 0.4) is 0 Å². The molecule has 0 unspecified atom stereocenters. The Labute approximate surface area is 87.9 Å². The van der Waals surface area contributed by atoms with Crippen LogP contribution in [0.4, 0.5) is 0 Å². The van der Waals surface area contributed by atoms with E-state index >= 15 is 0 Å².